The maximum Gasteiger partial charge on any atom is 0.417 e. The van der Waals surface area contributed by atoms with E-state index in [0.717, 1.165) is 18.7 Å². The van der Waals surface area contributed by atoms with Gasteiger partial charge >= 0.3 is 5.76 Å². The number of nitrogens with two attached hydrogens (primary N) is 1. The molecular formula is C15H20N4O2. The lowest BCUT2D eigenvalue weighted by molar-refractivity contribution is 0.193. The third-order valence-electron chi connectivity index (χ3n) is 4.79. The van der Waals surface area contributed by atoms with Gasteiger partial charge in [0, 0.05) is 24.7 Å². The zero-order valence-electron chi connectivity index (χ0n) is 11.9. The van der Waals surface area contributed by atoms with Crippen LogP contribution in [0.1, 0.15) is 25.7 Å². The molecule has 2 saturated heterocycles. The van der Waals surface area contributed by atoms with Crippen molar-refractivity contribution >= 4 is 22.5 Å². The Labute approximate surface area is 122 Å². The van der Waals surface area contributed by atoms with Crippen molar-refractivity contribution in [1.29, 1.82) is 0 Å². The number of anilines is 2. The van der Waals surface area contributed by atoms with E-state index in [0.29, 0.717) is 28.9 Å². The minimum Gasteiger partial charge on any atom is -0.408 e. The zero-order valence-corrected chi connectivity index (χ0v) is 11.9. The third-order valence-corrected chi connectivity index (χ3v) is 4.79. The standard InChI is InChI=1S/C15H20N4O2/c16-9-7-14-12(18-15(20)21-14)8-11(9)17-10-4-6-19-5-2-1-3-13(10)19/h7-8,10,13,17H,1-6,16H2,(H,18,20). The number of H-pyrrole nitrogens is 1. The van der Waals surface area contributed by atoms with Gasteiger partial charge in [-0.05, 0) is 31.9 Å². The summed E-state index contributed by atoms with van der Waals surface area (Å²) in [5.74, 6) is -0.444. The van der Waals surface area contributed by atoms with E-state index in [-0.39, 0.29) is 0 Å². The summed E-state index contributed by atoms with van der Waals surface area (Å²) in [7, 11) is 0. The van der Waals surface area contributed by atoms with Crippen LogP contribution < -0.4 is 16.8 Å². The van der Waals surface area contributed by atoms with E-state index in [2.05, 4.69) is 15.2 Å². The van der Waals surface area contributed by atoms with Crippen LogP contribution in [0.5, 0.6) is 0 Å². The summed E-state index contributed by atoms with van der Waals surface area (Å²) in [6.45, 7) is 2.37. The van der Waals surface area contributed by atoms with Crippen molar-refractivity contribution in [3.8, 4) is 0 Å². The first-order chi connectivity index (χ1) is 10.2. The van der Waals surface area contributed by atoms with Crippen molar-refractivity contribution in [2.24, 2.45) is 0 Å². The Morgan fingerprint density at radius 1 is 1.29 bits per heavy atom. The first-order valence-corrected chi connectivity index (χ1v) is 7.63. The maximum absolute atomic E-state index is 11.3. The van der Waals surface area contributed by atoms with Crippen LogP contribution in [0.25, 0.3) is 11.1 Å². The average Bonchev–Trinajstić information content (AvgIpc) is 3.02. The third kappa shape index (κ3) is 2.19. The Morgan fingerprint density at radius 3 is 3.10 bits per heavy atom. The van der Waals surface area contributed by atoms with Gasteiger partial charge in [-0.2, -0.15) is 0 Å². The van der Waals surface area contributed by atoms with Gasteiger partial charge in [-0.25, -0.2) is 4.79 Å². The molecule has 0 radical (unpaired) electrons. The topological polar surface area (TPSA) is 87.3 Å². The predicted octanol–water partition coefficient (Wildman–Crippen LogP) is 1.74. The molecule has 0 bridgehead atoms. The second-order valence-electron chi connectivity index (χ2n) is 6.09. The van der Waals surface area contributed by atoms with Crippen LogP contribution in [0.15, 0.2) is 21.3 Å². The van der Waals surface area contributed by atoms with Crippen molar-refractivity contribution in [3.05, 3.63) is 22.7 Å². The Balaban J connectivity index is 1.61. The normalized spacial score (nSPS) is 26.1. The van der Waals surface area contributed by atoms with Crippen LogP contribution in [0.4, 0.5) is 11.4 Å². The summed E-state index contributed by atoms with van der Waals surface area (Å²) in [5.41, 5.74) is 8.80. The number of nitrogen functional groups attached to an aromatic ring is 1. The molecule has 6 heteroatoms. The molecule has 0 spiro atoms. The highest BCUT2D eigenvalue weighted by Gasteiger charge is 2.35. The molecule has 0 saturated carbocycles. The van der Waals surface area contributed by atoms with Crippen LogP contribution >= 0.6 is 0 Å². The van der Waals surface area contributed by atoms with Gasteiger partial charge in [0.05, 0.1) is 16.9 Å². The van der Waals surface area contributed by atoms with Crippen LogP contribution in [0, 0.1) is 0 Å². The number of nitrogens with zero attached hydrogens (tertiary/aromatic N) is 1. The second kappa shape index (κ2) is 4.80. The number of benzene rings is 1. The van der Waals surface area contributed by atoms with Crippen molar-refractivity contribution in [3.63, 3.8) is 0 Å². The number of fused-ring (bicyclic) bond motifs is 2. The van der Waals surface area contributed by atoms with Crippen molar-refractivity contribution in [1.82, 2.24) is 9.88 Å². The SMILES string of the molecule is Nc1cc2oc(=O)[nH]c2cc1NC1CCN2CCCCC12. The molecule has 4 N–H and O–H groups in total. The summed E-state index contributed by atoms with van der Waals surface area (Å²) in [4.78, 5) is 16.5. The molecule has 2 unspecified atom stereocenters. The number of piperidine rings is 1. The van der Waals surface area contributed by atoms with E-state index in [4.69, 9.17) is 10.2 Å². The highest BCUT2D eigenvalue weighted by molar-refractivity contribution is 5.85. The van der Waals surface area contributed by atoms with E-state index in [1.807, 2.05) is 6.07 Å². The molecule has 2 aromatic rings. The Morgan fingerprint density at radius 2 is 2.19 bits per heavy atom. The van der Waals surface area contributed by atoms with E-state index in [9.17, 15) is 4.79 Å². The molecule has 21 heavy (non-hydrogen) atoms. The first-order valence-electron chi connectivity index (χ1n) is 7.63. The molecule has 2 aliphatic heterocycles. The fourth-order valence-electron chi connectivity index (χ4n) is 3.75. The summed E-state index contributed by atoms with van der Waals surface area (Å²) in [6.07, 6.45) is 5.02. The van der Waals surface area contributed by atoms with Crippen LogP contribution in [-0.2, 0) is 0 Å². The van der Waals surface area contributed by atoms with E-state index in [1.165, 1.54) is 25.8 Å². The largest absolute Gasteiger partial charge is 0.417 e. The van der Waals surface area contributed by atoms with Gasteiger partial charge in [0.15, 0.2) is 5.58 Å². The number of nitrogens with one attached hydrogen (secondary N) is 2. The van der Waals surface area contributed by atoms with Crippen LogP contribution in [0.3, 0.4) is 0 Å². The lowest BCUT2D eigenvalue weighted by atomic mass is 9.99. The number of aromatic nitrogens is 1. The minimum absolute atomic E-state index is 0.434. The molecule has 2 atom stereocenters. The molecule has 4 rings (SSSR count). The lowest BCUT2D eigenvalue weighted by Crippen LogP contribution is -2.41. The molecule has 0 amide bonds. The van der Waals surface area contributed by atoms with Gasteiger partial charge in [0.1, 0.15) is 0 Å². The Bertz CT molecular complexity index is 720. The molecule has 0 aliphatic carbocycles. The van der Waals surface area contributed by atoms with E-state index < -0.39 is 5.76 Å². The van der Waals surface area contributed by atoms with E-state index in [1.54, 1.807) is 6.07 Å². The monoisotopic (exact) mass is 288 g/mol. The number of oxazole rings is 1. The smallest absolute Gasteiger partial charge is 0.408 e. The Kier molecular flexibility index (Phi) is 2.92. The van der Waals surface area contributed by atoms with Crippen molar-refractivity contribution < 1.29 is 4.42 Å². The average molecular weight is 288 g/mol. The number of rotatable bonds is 2. The summed E-state index contributed by atoms with van der Waals surface area (Å²) in [6, 6.07) is 4.63. The molecule has 6 nitrogen and oxygen atoms in total. The first kappa shape index (κ1) is 12.8. The van der Waals surface area contributed by atoms with Crippen LogP contribution in [0.2, 0.25) is 0 Å². The molecule has 2 fully saturated rings. The Hall–Kier alpha value is -1.95. The molecular weight excluding hydrogens is 268 g/mol. The quantitative estimate of drug-likeness (QED) is 0.733. The summed E-state index contributed by atoms with van der Waals surface area (Å²) < 4.78 is 5.03. The number of hydrogen-bond donors (Lipinski definition) is 3. The van der Waals surface area contributed by atoms with Gasteiger partial charge < -0.3 is 15.5 Å². The van der Waals surface area contributed by atoms with Gasteiger partial charge in [0.25, 0.3) is 0 Å². The summed E-state index contributed by atoms with van der Waals surface area (Å²) in [5, 5.41) is 3.58. The van der Waals surface area contributed by atoms with Gasteiger partial charge in [-0.15, -0.1) is 0 Å². The van der Waals surface area contributed by atoms with Gasteiger partial charge in [0.2, 0.25) is 0 Å². The number of aromatic amines is 1. The van der Waals surface area contributed by atoms with Gasteiger partial charge in [-0.1, -0.05) is 6.42 Å². The second-order valence-corrected chi connectivity index (χ2v) is 6.09. The molecule has 2 aliphatic rings. The minimum atomic E-state index is -0.444. The maximum atomic E-state index is 11.3. The predicted molar refractivity (Wildman–Crippen MR) is 82.5 cm³/mol. The van der Waals surface area contributed by atoms with Gasteiger partial charge in [-0.3, -0.25) is 9.88 Å². The zero-order chi connectivity index (χ0) is 14.4. The molecule has 112 valence electrons. The fraction of sp³-hybridized carbons (Fsp3) is 0.533. The molecule has 1 aromatic carbocycles. The highest BCUT2D eigenvalue weighted by atomic mass is 16.4. The molecule has 3 heterocycles. The molecule has 1 aromatic heterocycles. The van der Waals surface area contributed by atoms with Crippen LogP contribution in [-0.4, -0.2) is 35.1 Å². The summed E-state index contributed by atoms with van der Waals surface area (Å²) >= 11 is 0. The lowest BCUT2D eigenvalue weighted by Gasteiger charge is -2.33. The highest BCUT2D eigenvalue weighted by Crippen LogP contribution is 2.32. The van der Waals surface area contributed by atoms with Crippen molar-refractivity contribution in [2.45, 2.75) is 37.8 Å². The number of hydrogen-bond acceptors (Lipinski definition) is 5. The van der Waals surface area contributed by atoms with E-state index >= 15 is 0 Å². The van der Waals surface area contributed by atoms with Crippen molar-refractivity contribution in [2.75, 3.05) is 24.1 Å². The fourth-order valence-corrected chi connectivity index (χ4v) is 3.75.